The Morgan fingerprint density at radius 1 is 1.00 bits per heavy atom. The van der Waals surface area contributed by atoms with Gasteiger partial charge in [-0.3, -0.25) is 14.5 Å². The average molecular weight is 497 g/mol. The number of thioether (sulfide) groups is 1. The lowest BCUT2D eigenvalue weighted by atomic mass is 10.1. The molecule has 0 atom stereocenters. The van der Waals surface area contributed by atoms with Crippen LogP contribution in [0.3, 0.4) is 0 Å². The molecule has 5 rings (SSSR count). The number of aromatic nitrogens is 2. The van der Waals surface area contributed by atoms with Crippen molar-refractivity contribution in [2.24, 2.45) is 0 Å². The van der Waals surface area contributed by atoms with Crippen molar-refractivity contribution in [2.75, 3.05) is 33.0 Å². The first-order valence-corrected chi connectivity index (χ1v) is 12.4. The number of H-pyrrole nitrogens is 1. The maximum absolute atomic E-state index is 13.1. The molecule has 1 fully saturated rings. The summed E-state index contributed by atoms with van der Waals surface area (Å²) in [5.74, 6) is 1.75. The Hall–Kier alpha value is -3.37. The van der Waals surface area contributed by atoms with Crippen LogP contribution in [0.15, 0.2) is 58.5 Å². The highest BCUT2D eigenvalue weighted by molar-refractivity contribution is 7.98. The minimum absolute atomic E-state index is 0.0414. The van der Waals surface area contributed by atoms with E-state index in [1.807, 2.05) is 23.1 Å². The third-order valence-electron chi connectivity index (χ3n) is 5.96. The highest BCUT2D eigenvalue weighted by Gasteiger charge is 2.23. The number of piperazine rings is 1. The standard InChI is InChI=1S/C25H25FN4O4S/c26-19-4-1-17(2-5-19)15-35-25-27-20(12-23(31)28-25)13-24(32)30-9-7-29(8-10-30)14-18-3-6-21-22(11-18)34-16-33-21/h1-6,11-12H,7-10,13-16H2,(H,27,28,31). The number of ether oxygens (including phenoxy) is 2. The zero-order chi connectivity index (χ0) is 24.2. The van der Waals surface area contributed by atoms with Gasteiger partial charge >= 0.3 is 0 Å². The number of carbonyl (C=O) groups excluding carboxylic acids is 1. The number of hydrogen-bond acceptors (Lipinski definition) is 7. The lowest BCUT2D eigenvalue weighted by Gasteiger charge is -2.34. The van der Waals surface area contributed by atoms with E-state index in [0.717, 1.165) is 42.3 Å². The summed E-state index contributed by atoms with van der Waals surface area (Å²) >= 11 is 1.34. The maximum Gasteiger partial charge on any atom is 0.251 e. The minimum Gasteiger partial charge on any atom is -0.454 e. The van der Waals surface area contributed by atoms with Crippen LogP contribution >= 0.6 is 11.8 Å². The van der Waals surface area contributed by atoms with Crippen LogP contribution in [0.2, 0.25) is 0 Å². The van der Waals surface area contributed by atoms with E-state index in [0.29, 0.717) is 29.7 Å². The van der Waals surface area contributed by atoms with Gasteiger partial charge in [0.15, 0.2) is 16.7 Å². The number of rotatable bonds is 7. The number of benzene rings is 2. The van der Waals surface area contributed by atoms with E-state index in [9.17, 15) is 14.0 Å². The van der Waals surface area contributed by atoms with Crippen LogP contribution in [0.1, 0.15) is 16.8 Å². The summed E-state index contributed by atoms with van der Waals surface area (Å²) in [6, 6.07) is 13.5. The quantitative estimate of drug-likeness (QED) is 0.398. The van der Waals surface area contributed by atoms with Gasteiger partial charge < -0.3 is 19.4 Å². The van der Waals surface area contributed by atoms with Crippen molar-refractivity contribution < 1.29 is 18.7 Å². The first-order chi connectivity index (χ1) is 17.0. The van der Waals surface area contributed by atoms with Crippen molar-refractivity contribution in [1.82, 2.24) is 19.8 Å². The number of amides is 1. The van der Waals surface area contributed by atoms with Gasteiger partial charge in [0.1, 0.15) is 5.82 Å². The zero-order valence-corrected chi connectivity index (χ0v) is 19.9. The molecular weight excluding hydrogens is 471 g/mol. The third kappa shape index (κ3) is 6.01. The average Bonchev–Trinajstić information content (AvgIpc) is 3.32. The number of carbonyl (C=O) groups is 1. The summed E-state index contributed by atoms with van der Waals surface area (Å²) in [5.41, 5.74) is 2.22. The van der Waals surface area contributed by atoms with Crippen LogP contribution in [-0.2, 0) is 23.5 Å². The first-order valence-electron chi connectivity index (χ1n) is 11.4. The lowest BCUT2D eigenvalue weighted by Crippen LogP contribution is -2.48. The normalized spacial score (nSPS) is 15.4. The highest BCUT2D eigenvalue weighted by atomic mass is 32.2. The monoisotopic (exact) mass is 496 g/mol. The molecule has 10 heteroatoms. The second-order valence-corrected chi connectivity index (χ2v) is 9.44. The second-order valence-electron chi connectivity index (χ2n) is 8.48. The number of halogens is 1. The number of fused-ring (bicyclic) bond motifs is 1. The second kappa shape index (κ2) is 10.5. The SMILES string of the molecule is O=C(Cc1cc(=O)[nH]c(SCc2ccc(F)cc2)n1)N1CCN(Cc2ccc3c(c2)OCO3)CC1. The Morgan fingerprint density at radius 3 is 2.54 bits per heavy atom. The van der Waals surface area contributed by atoms with Gasteiger partial charge in [-0.1, -0.05) is 30.0 Å². The maximum atomic E-state index is 13.1. The summed E-state index contributed by atoms with van der Waals surface area (Å²) in [6.07, 6.45) is 0.0796. The summed E-state index contributed by atoms with van der Waals surface area (Å²) in [6.45, 7) is 3.82. The lowest BCUT2D eigenvalue weighted by molar-refractivity contribution is -0.132. The molecule has 2 aromatic carbocycles. The fourth-order valence-electron chi connectivity index (χ4n) is 4.09. The molecule has 0 saturated carbocycles. The Kier molecular flexibility index (Phi) is 7.01. The Labute approximate surface area is 206 Å². The number of nitrogens with zero attached hydrogens (tertiary/aromatic N) is 3. The van der Waals surface area contributed by atoms with Gasteiger partial charge in [-0.15, -0.1) is 0 Å². The molecular formula is C25H25FN4O4S. The molecule has 1 aromatic heterocycles. The molecule has 3 heterocycles. The van der Waals surface area contributed by atoms with Crippen LogP contribution in [-0.4, -0.2) is 58.6 Å². The molecule has 0 unspecified atom stereocenters. The van der Waals surface area contributed by atoms with Gasteiger partial charge in [-0.2, -0.15) is 0 Å². The third-order valence-corrected chi connectivity index (χ3v) is 6.91. The smallest absolute Gasteiger partial charge is 0.251 e. The van der Waals surface area contributed by atoms with Crippen molar-refractivity contribution in [2.45, 2.75) is 23.9 Å². The summed E-state index contributed by atoms with van der Waals surface area (Å²) in [5, 5.41) is 0.443. The van der Waals surface area contributed by atoms with Crippen molar-refractivity contribution in [1.29, 1.82) is 0 Å². The van der Waals surface area contributed by atoms with Gasteiger partial charge in [-0.05, 0) is 35.4 Å². The molecule has 2 aliphatic heterocycles. The fraction of sp³-hybridized carbons (Fsp3) is 0.320. The first kappa shape index (κ1) is 23.4. The minimum atomic E-state index is -0.294. The number of nitrogens with one attached hydrogen (secondary N) is 1. The molecule has 0 bridgehead atoms. The van der Waals surface area contributed by atoms with Gasteiger partial charge in [0.2, 0.25) is 12.7 Å². The summed E-state index contributed by atoms with van der Waals surface area (Å²) in [7, 11) is 0. The van der Waals surface area contributed by atoms with E-state index in [4.69, 9.17) is 9.47 Å². The van der Waals surface area contributed by atoms with Crippen LogP contribution in [0.4, 0.5) is 4.39 Å². The van der Waals surface area contributed by atoms with E-state index >= 15 is 0 Å². The van der Waals surface area contributed by atoms with Gasteiger partial charge in [0, 0.05) is 44.5 Å². The van der Waals surface area contributed by atoms with Crippen molar-refractivity contribution >= 4 is 17.7 Å². The molecule has 8 nitrogen and oxygen atoms in total. The molecule has 0 radical (unpaired) electrons. The van der Waals surface area contributed by atoms with E-state index in [-0.39, 0.29) is 30.5 Å². The molecule has 182 valence electrons. The fourth-order valence-corrected chi connectivity index (χ4v) is 4.94. The van der Waals surface area contributed by atoms with E-state index < -0.39 is 0 Å². The molecule has 1 saturated heterocycles. The van der Waals surface area contributed by atoms with Crippen LogP contribution < -0.4 is 15.0 Å². The van der Waals surface area contributed by atoms with E-state index in [1.165, 1.54) is 30.0 Å². The van der Waals surface area contributed by atoms with E-state index in [1.54, 1.807) is 12.1 Å². The zero-order valence-electron chi connectivity index (χ0n) is 19.0. The van der Waals surface area contributed by atoms with Crippen molar-refractivity contribution in [3.05, 3.63) is 81.5 Å². The van der Waals surface area contributed by atoms with Gasteiger partial charge in [0.25, 0.3) is 5.56 Å². The topological polar surface area (TPSA) is 87.8 Å². The van der Waals surface area contributed by atoms with Gasteiger partial charge in [0.05, 0.1) is 12.1 Å². The Morgan fingerprint density at radius 2 is 1.74 bits per heavy atom. The summed E-state index contributed by atoms with van der Waals surface area (Å²) in [4.78, 5) is 36.3. The van der Waals surface area contributed by atoms with Crippen LogP contribution in [0.5, 0.6) is 11.5 Å². The molecule has 0 aliphatic carbocycles. The Bertz CT molecular complexity index is 1260. The van der Waals surface area contributed by atoms with Crippen LogP contribution in [0.25, 0.3) is 0 Å². The molecule has 2 aliphatic rings. The predicted octanol–water partition coefficient (Wildman–Crippen LogP) is 2.82. The molecule has 1 amide bonds. The van der Waals surface area contributed by atoms with E-state index in [2.05, 4.69) is 14.9 Å². The van der Waals surface area contributed by atoms with Gasteiger partial charge in [-0.25, -0.2) is 9.37 Å². The van der Waals surface area contributed by atoms with Crippen molar-refractivity contribution in [3.63, 3.8) is 0 Å². The molecule has 35 heavy (non-hydrogen) atoms. The summed E-state index contributed by atoms with van der Waals surface area (Å²) < 4.78 is 23.9. The largest absolute Gasteiger partial charge is 0.454 e. The van der Waals surface area contributed by atoms with Crippen molar-refractivity contribution in [3.8, 4) is 11.5 Å². The molecule has 0 spiro atoms. The Balaban J connectivity index is 1.13. The predicted molar refractivity (Wildman–Crippen MR) is 129 cm³/mol. The number of aromatic amines is 1. The molecule has 1 N–H and O–H groups in total. The molecule has 3 aromatic rings. The highest BCUT2D eigenvalue weighted by Crippen LogP contribution is 2.32. The van der Waals surface area contributed by atoms with Crippen LogP contribution in [0, 0.1) is 5.82 Å². The number of hydrogen-bond donors (Lipinski definition) is 1.